The summed E-state index contributed by atoms with van der Waals surface area (Å²) in [4.78, 5) is 24.5. The van der Waals surface area contributed by atoms with Crippen LogP contribution >= 0.6 is 0 Å². The van der Waals surface area contributed by atoms with Gasteiger partial charge in [-0.1, -0.05) is 0 Å². The van der Waals surface area contributed by atoms with Gasteiger partial charge in [-0.3, -0.25) is 4.79 Å². The van der Waals surface area contributed by atoms with Crippen LogP contribution in [-0.2, 0) is 0 Å². The summed E-state index contributed by atoms with van der Waals surface area (Å²) >= 11 is 0. The molecule has 18 heavy (non-hydrogen) atoms. The Morgan fingerprint density at radius 1 is 1.28 bits per heavy atom. The number of amides is 1. The van der Waals surface area contributed by atoms with Crippen LogP contribution in [0.15, 0.2) is 16.5 Å². The molecule has 2 heterocycles. The predicted octanol–water partition coefficient (Wildman–Crippen LogP) is 0.803. The van der Waals surface area contributed by atoms with Gasteiger partial charge in [-0.25, -0.2) is 4.79 Å². The zero-order chi connectivity index (χ0) is 13.0. The van der Waals surface area contributed by atoms with Crippen molar-refractivity contribution in [1.82, 2.24) is 10.2 Å². The molecular weight excluding hydrogens is 236 g/mol. The Morgan fingerprint density at radius 2 is 1.94 bits per heavy atom. The zero-order valence-corrected chi connectivity index (χ0v) is 10.0. The monoisotopic (exact) mass is 252 g/mol. The molecule has 1 aromatic heterocycles. The number of carbonyl (C=O) groups is 2. The first-order valence-corrected chi connectivity index (χ1v) is 6.00. The van der Waals surface area contributed by atoms with Crippen molar-refractivity contribution in [2.75, 3.05) is 26.2 Å². The number of carbonyl (C=O) groups excluding carboxylic acids is 1. The van der Waals surface area contributed by atoms with Crippen LogP contribution < -0.4 is 5.32 Å². The molecule has 1 fully saturated rings. The van der Waals surface area contributed by atoms with Crippen molar-refractivity contribution in [2.45, 2.75) is 12.8 Å². The largest absolute Gasteiger partial charge is 0.475 e. The summed E-state index contributed by atoms with van der Waals surface area (Å²) in [6.07, 6.45) is 2.43. The first-order chi connectivity index (χ1) is 8.66. The van der Waals surface area contributed by atoms with E-state index in [9.17, 15) is 9.59 Å². The fourth-order valence-corrected chi connectivity index (χ4v) is 2.00. The minimum atomic E-state index is -1.17. The fraction of sp³-hybridized carbons (Fsp3) is 0.500. The van der Waals surface area contributed by atoms with Crippen LogP contribution in [0.3, 0.4) is 0 Å². The number of carboxylic acid groups (broad SMARTS) is 1. The van der Waals surface area contributed by atoms with Gasteiger partial charge in [-0.05, 0) is 38.1 Å². The molecule has 1 amide bonds. The minimum Gasteiger partial charge on any atom is -0.475 e. The second-order valence-corrected chi connectivity index (χ2v) is 4.27. The van der Waals surface area contributed by atoms with E-state index in [1.165, 1.54) is 25.0 Å². The lowest BCUT2D eigenvalue weighted by atomic mass is 10.4. The number of nitrogens with one attached hydrogen (secondary N) is 1. The quantitative estimate of drug-likeness (QED) is 0.810. The Kier molecular flexibility index (Phi) is 3.99. The van der Waals surface area contributed by atoms with Gasteiger partial charge in [0.15, 0.2) is 5.76 Å². The molecule has 0 radical (unpaired) electrons. The van der Waals surface area contributed by atoms with Gasteiger partial charge in [0.1, 0.15) is 0 Å². The summed E-state index contributed by atoms with van der Waals surface area (Å²) in [5.74, 6) is -1.73. The van der Waals surface area contributed by atoms with Crippen LogP contribution in [0.1, 0.15) is 34.0 Å². The second-order valence-electron chi connectivity index (χ2n) is 4.27. The van der Waals surface area contributed by atoms with Crippen LogP contribution in [0.5, 0.6) is 0 Å². The highest BCUT2D eigenvalue weighted by atomic mass is 16.4. The Hall–Kier alpha value is -1.82. The molecule has 1 aliphatic rings. The van der Waals surface area contributed by atoms with Crippen molar-refractivity contribution in [3.63, 3.8) is 0 Å². The highest BCUT2D eigenvalue weighted by Crippen LogP contribution is 2.08. The summed E-state index contributed by atoms with van der Waals surface area (Å²) in [6, 6.07) is 2.65. The molecule has 0 saturated carbocycles. The zero-order valence-electron chi connectivity index (χ0n) is 10.0. The Bertz CT molecular complexity index is 435. The van der Waals surface area contributed by atoms with E-state index in [0.29, 0.717) is 6.54 Å². The molecule has 0 bridgehead atoms. The molecule has 1 saturated heterocycles. The SMILES string of the molecule is O=C(O)c1ccc(C(=O)NCCN2CCCC2)o1. The third kappa shape index (κ3) is 3.10. The maximum absolute atomic E-state index is 11.6. The third-order valence-corrected chi connectivity index (χ3v) is 2.95. The van der Waals surface area contributed by atoms with E-state index in [0.717, 1.165) is 19.6 Å². The third-order valence-electron chi connectivity index (χ3n) is 2.95. The van der Waals surface area contributed by atoms with E-state index in [4.69, 9.17) is 9.52 Å². The molecule has 0 aromatic carbocycles. The maximum atomic E-state index is 11.6. The molecule has 0 spiro atoms. The molecule has 0 aliphatic carbocycles. The van der Waals surface area contributed by atoms with Gasteiger partial charge >= 0.3 is 5.97 Å². The molecular formula is C12H16N2O4. The van der Waals surface area contributed by atoms with Gasteiger partial charge in [0.2, 0.25) is 5.76 Å². The Morgan fingerprint density at radius 3 is 2.56 bits per heavy atom. The van der Waals surface area contributed by atoms with Crippen LogP contribution in [0.4, 0.5) is 0 Å². The lowest BCUT2D eigenvalue weighted by molar-refractivity contribution is 0.0659. The number of furan rings is 1. The predicted molar refractivity (Wildman–Crippen MR) is 63.7 cm³/mol. The number of hydrogen-bond donors (Lipinski definition) is 2. The number of rotatable bonds is 5. The number of hydrogen-bond acceptors (Lipinski definition) is 4. The summed E-state index contributed by atoms with van der Waals surface area (Å²) in [7, 11) is 0. The number of nitrogens with zero attached hydrogens (tertiary/aromatic N) is 1. The first kappa shape index (κ1) is 12.6. The summed E-state index contributed by atoms with van der Waals surface area (Å²) in [5, 5.41) is 11.4. The van der Waals surface area contributed by atoms with Crippen LogP contribution in [0.25, 0.3) is 0 Å². The highest BCUT2D eigenvalue weighted by Gasteiger charge is 2.15. The molecule has 1 aliphatic heterocycles. The average molecular weight is 252 g/mol. The fourth-order valence-electron chi connectivity index (χ4n) is 2.00. The van der Waals surface area contributed by atoms with Crippen LogP contribution in [0.2, 0.25) is 0 Å². The van der Waals surface area contributed by atoms with Gasteiger partial charge in [0, 0.05) is 13.1 Å². The van der Waals surface area contributed by atoms with Crippen molar-refractivity contribution >= 4 is 11.9 Å². The molecule has 1 aromatic rings. The van der Waals surface area contributed by atoms with E-state index in [1.807, 2.05) is 0 Å². The number of likely N-dealkylation sites (tertiary alicyclic amines) is 1. The average Bonchev–Trinajstić information content (AvgIpc) is 2.99. The van der Waals surface area contributed by atoms with Gasteiger partial charge in [0.25, 0.3) is 5.91 Å². The topological polar surface area (TPSA) is 82.8 Å². The molecule has 0 atom stereocenters. The minimum absolute atomic E-state index is 0.0359. The lowest BCUT2D eigenvalue weighted by Crippen LogP contribution is -2.33. The molecule has 2 N–H and O–H groups in total. The van der Waals surface area contributed by atoms with E-state index in [2.05, 4.69) is 10.2 Å². The second kappa shape index (κ2) is 5.68. The summed E-state index contributed by atoms with van der Waals surface area (Å²) in [6.45, 7) is 3.53. The summed E-state index contributed by atoms with van der Waals surface area (Å²) < 4.78 is 4.90. The maximum Gasteiger partial charge on any atom is 0.371 e. The van der Waals surface area contributed by atoms with Crippen molar-refractivity contribution in [1.29, 1.82) is 0 Å². The van der Waals surface area contributed by atoms with Gasteiger partial charge in [-0.15, -0.1) is 0 Å². The van der Waals surface area contributed by atoms with Crippen molar-refractivity contribution in [3.8, 4) is 0 Å². The highest BCUT2D eigenvalue weighted by molar-refractivity contribution is 5.93. The Labute approximate surface area is 105 Å². The molecule has 6 nitrogen and oxygen atoms in total. The van der Waals surface area contributed by atoms with E-state index in [-0.39, 0.29) is 17.4 Å². The molecule has 6 heteroatoms. The van der Waals surface area contributed by atoms with Crippen LogP contribution in [-0.4, -0.2) is 48.1 Å². The smallest absolute Gasteiger partial charge is 0.371 e. The molecule has 98 valence electrons. The first-order valence-electron chi connectivity index (χ1n) is 6.00. The number of carboxylic acids is 1. The van der Waals surface area contributed by atoms with Crippen molar-refractivity contribution in [2.24, 2.45) is 0 Å². The summed E-state index contributed by atoms with van der Waals surface area (Å²) in [5.41, 5.74) is 0. The lowest BCUT2D eigenvalue weighted by Gasteiger charge is -2.14. The van der Waals surface area contributed by atoms with E-state index in [1.54, 1.807) is 0 Å². The van der Waals surface area contributed by atoms with Crippen LogP contribution in [0, 0.1) is 0 Å². The standard InChI is InChI=1S/C12H16N2O4/c15-11(9-3-4-10(18-9)12(16)17)13-5-8-14-6-1-2-7-14/h3-4H,1-2,5-8H2,(H,13,15)(H,16,17). The number of aromatic carboxylic acids is 1. The molecule has 0 unspecified atom stereocenters. The van der Waals surface area contributed by atoms with Gasteiger partial charge in [-0.2, -0.15) is 0 Å². The Balaban J connectivity index is 1.77. The normalized spacial score (nSPS) is 15.8. The van der Waals surface area contributed by atoms with E-state index < -0.39 is 5.97 Å². The van der Waals surface area contributed by atoms with Crippen molar-refractivity contribution in [3.05, 3.63) is 23.7 Å². The van der Waals surface area contributed by atoms with Crippen molar-refractivity contribution < 1.29 is 19.1 Å². The van der Waals surface area contributed by atoms with E-state index >= 15 is 0 Å². The van der Waals surface area contributed by atoms with Gasteiger partial charge < -0.3 is 19.7 Å². The van der Waals surface area contributed by atoms with Gasteiger partial charge in [0.05, 0.1) is 0 Å². The molecule has 2 rings (SSSR count).